The second-order valence-electron chi connectivity index (χ2n) is 4.49. The van der Waals surface area contributed by atoms with Crippen molar-refractivity contribution in [2.75, 3.05) is 27.4 Å². The zero-order valence-electron chi connectivity index (χ0n) is 12.6. The van der Waals surface area contributed by atoms with Crippen LogP contribution in [0, 0.1) is 6.92 Å². The third kappa shape index (κ3) is 4.64. The Morgan fingerprint density at radius 3 is 2.30 bits per heavy atom. The summed E-state index contributed by atoms with van der Waals surface area (Å²) in [7, 11) is 3.12. The highest BCUT2D eigenvalue weighted by atomic mass is 16.5. The molecule has 1 N–H and O–H groups in total. The lowest BCUT2D eigenvalue weighted by Crippen LogP contribution is -2.29. The molecule has 1 rings (SSSR count). The molecule has 0 radical (unpaired) electrons. The van der Waals surface area contributed by atoms with Crippen LogP contribution in [-0.2, 0) is 4.79 Å². The first kappa shape index (κ1) is 16.1. The van der Waals surface area contributed by atoms with Crippen LogP contribution in [0.4, 0.5) is 0 Å². The largest absolute Gasteiger partial charge is 0.493 e. The van der Waals surface area contributed by atoms with Crippen molar-refractivity contribution in [3.63, 3.8) is 0 Å². The van der Waals surface area contributed by atoms with Crippen molar-refractivity contribution in [1.29, 1.82) is 0 Å². The van der Waals surface area contributed by atoms with Crippen LogP contribution in [0.15, 0.2) is 12.1 Å². The zero-order chi connectivity index (χ0) is 15.0. The monoisotopic (exact) mass is 281 g/mol. The van der Waals surface area contributed by atoms with Gasteiger partial charge in [-0.3, -0.25) is 4.79 Å². The molecule has 0 aliphatic rings. The lowest BCUT2D eigenvalue weighted by atomic mass is 10.2. The predicted molar refractivity (Wildman–Crippen MR) is 77.7 cm³/mol. The van der Waals surface area contributed by atoms with Gasteiger partial charge in [0.05, 0.1) is 14.2 Å². The topological polar surface area (TPSA) is 56.8 Å². The number of amides is 1. The average molecular weight is 281 g/mol. The van der Waals surface area contributed by atoms with Crippen molar-refractivity contribution in [3.05, 3.63) is 17.7 Å². The molecule has 0 aliphatic heterocycles. The van der Waals surface area contributed by atoms with E-state index in [1.807, 2.05) is 19.1 Å². The first-order valence-corrected chi connectivity index (χ1v) is 6.74. The maximum Gasteiger partial charge on any atom is 0.257 e. The number of hydrogen-bond acceptors (Lipinski definition) is 4. The molecule has 0 aromatic heterocycles. The summed E-state index contributed by atoms with van der Waals surface area (Å²) >= 11 is 0. The molecule has 20 heavy (non-hydrogen) atoms. The molecule has 0 saturated heterocycles. The number of hydrogen-bond donors (Lipinski definition) is 1. The van der Waals surface area contributed by atoms with E-state index in [2.05, 4.69) is 12.2 Å². The van der Waals surface area contributed by atoms with Crippen molar-refractivity contribution < 1.29 is 19.0 Å². The van der Waals surface area contributed by atoms with Gasteiger partial charge in [-0.1, -0.05) is 13.3 Å². The summed E-state index contributed by atoms with van der Waals surface area (Å²) in [5, 5.41) is 2.79. The molecule has 0 fully saturated rings. The maximum atomic E-state index is 11.6. The fraction of sp³-hybridized carbons (Fsp3) is 0.533. The Hall–Kier alpha value is -1.91. The summed E-state index contributed by atoms with van der Waals surface area (Å²) < 4.78 is 16.1. The highest BCUT2D eigenvalue weighted by Crippen LogP contribution is 2.38. The van der Waals surface area contributed by atoms with E-state index in [4.69, 9.17) is 14.2 Å². The number of unbranched alkanes of at least 4 members (excludes halogenated alkanes) is 1. The summed E-state index contributed by atoms with van der Waals surface area (Å²) in [6.07, 6.45) is 2.00. The van der Waals surface area contributed by atoms with Crippen molar-refractivity contribution >= 4 is 5.91 Å². The number of carbonyl (C=O) groups excluding carboxylic acids is 1. The van der Waals surface area contributed by atoms with Crippen molar-refractivity contribution in [2.24, 2.45) is 0 Å². The summed E-state index contributed by atoms with van der Waals surface area (Å²) in [6, 6.07) is 3.68. The van der Waals surface area contributed by atoms with E-state index < -0.39 is 0 Å². The smallest absolute Gasteiger partial charge is 0.257 e. The van der Waals surface area contributed by atoms with Gasteiger partial charge >= 0.3 is 0 Å². The number of nitrogens with one attached hydrogen (secondary N) is 1. The molecule has 0 atom stereocenters. The third-order valence-corrected chi connectivity index (χ3v) is 2.81. The lowest BCUT2D eigenvalue weighted by Gasteiger charge is -2.15. The molecule has 0 spiro atoms. The van der Waals surface area contributed by atoms with Gasteiger partial charge in [0.1, 0.15) is 0 Å². The van der Waals surface area contributed by atoms with E-state index in [0.717, 1.165) is 18.4 Å². The Balaban J connectivity index is 2.69. The molecule has 5 heteroatoms. The van der Waals surface area contributed by atoms with Gasteiger partial charge in [0.2, 0.25) is 5.75 Å². The van der Waals surface area contributed by atoms with Crippen LogP contribution in [0.5, 0.6) is 17.2 Å². The fourth-order valence-corrected chi connectivity index (χ4v) is 1.75. The van der Waals surface area contributed by atoms with Crippen molar-refractivity contribution in [3.8, 4) is 17.2 Å². The van der Waals surface area contributed by atoms with Crippen LogP contribution in [0.25, 0.3) is 0 Å². The minimum atomic E-state index is -0.150. The number of ether oxygens (including phenoxy) is 3. The highest BCUT2D eigenvalue weighted by molar-refractivity contribution is 5.77. The normalized spacial score (nSPS) is 10.0. The van der Waals surface area contributed by atoms with Gasteiger partial charge in [-0.05, 0) is 31.0 Å². The summed E-state index contributed by atoms with van der Waals surface area (Å²) in [6.45, 7) is 4.62. The second-order valence-corrected chi connectivity index (χ2v) is 4.49. The van der Waals surface area contributed by atoms with Gasteiger partial charge in [-0.2, -0.15) is 0 Å². The molecular weight excluding hydrogens is 258 g/mol. The molecule has 0 aliphatic carbocycles. The molecular formula is C15H23NO4. The van der Waals surface area contributed by atoms with Crippen LogP contribution >= 0.6 is 0 Å². The summed E-state index contributed by atoms with van der Waals surface area (Å²) in [5.74, 6) is 1.42. The van der Waals surface area contributed by atoms with E-state index in [0.29, 0.717) is 23.8 Å². The molecule has 1 aromatic carbocycles. The molecule has 0 saturated carbocycles. The van der Waals surface area contributed by atoms with E-state index in [1.54, 1.807) is 14.2 Å². The molecule has 0 heterocycles. The Bertz CT molecular complexity index is 420. The third-order valence-electron chi connectivity index (χ3n) is 2.81. The van der Waals surface area contributed by atoms with Crippen LogP contribution in [-0.4, -0.2) is 33.3 Å². The SMILES string of the molecule is CCCCNC(=O)COc1c(OC)cc(C)cc1OC. The Morgan fingerprint density at radius 1 is 1.20 bits per heavy atom. The van der Waals surface area contributed by atoms with Gasteiger partial charge in [0.15, 0.2) is 18.1 Å². The van der Waals surface area contributed by atoms with Gasteiger partial charge in [0, 0.05) is 6.54 Å². The molecule has 1 amide bonds. The summed E-state index contributed by atoms with van der Waals surface area (Å²) in [4.78, 5) is 11.6. The predicted octanol–water partition coefficient (Wildman–Crippen LogP) is 2.31. The Morgan fingerprint density at radius 2 is 1.80 bits per heavy atom. The number of benzene rings is 1. The van der Waals surface area contributed by atoms with Crippen LogP contribution in [0.3, 0.4) is 0 Å². The van der Waals surface area contributed by atoms with Crippen LogP contribution < -0.4 is 19.5 Å². The molecule has 0 unspecified atom stereocenters. The quantitative estimate of drug-likeness (QED) is 0.743. The Labute approximate surface area is 120 Å². The number of methoxy groups -OCH3 is 2. The number of aryl methyl sites for hydroxylation is 1. The lowest BCUT2D eigenvalue weighted by molar-refractivity contribution is -0.123. The van der Waals surface area contributed by atoms with Crippen molar-refractivity contribution in [1.82, 2.24) is 5.32 Å². The van der Waals surface area contributed by atoms with Crippen LogP contribution in [0.1, 0.15) is 25.3 Å². The van der Waals surface area contributed by atoms with E-state index in [-0.39, 0.29) is 12.5 Å². The molecule has 1 aromatic rings. The minimum absolute atomic E-state index is 0.0561. The highest BCUT2D eigenvalue weighted by Gasteiger charge is 2.14. The van der Waals surface area contributed by atoms with Crippen molar-refractivity contribution in [2.45, 2.75) is 26.7 Å². The Kier molecular flexibility index (Phi) is 6.70. The summed E-state index contributed by atoms with van der Waals surface area (Å²) in [5.41, 5.74) is 0.999. The zero-order valence-corrected chi connectivity index (χ0v) is 12.6. The first-order valence-electron chi connectivity index (χ1n) is 6.74. The van der Waals surface area contributed by atoms with Crippen LogP contribution in [0.2, 0.25) is 0 Å². The minimum Gasteiger partial charge on any atom is -0.493 e. The van der Waals surface area contributed by atoms with E-state index in [9.17, 15) is 4.79 Å². The standard InChI is InChI=1S/C15H23NO4/c1-5-6-7-16-14(17)10-20-15-12(18-3)8-11(2)9-13(15)19-4/h8-9H,5-7,10H2,1-4H3,(H,16,17). The van der Waals surface area contributed by atoms with Gasteiger partial charge in [0.25, 0.3) is 5.91 Å². The second kappa shape index (κ2) is 8.30. The number of rotatable bonds is 8. The number of carbonyl (C=O) groups is 1. The maximum absolute atomic E-state index is 11.6. The van der Waals surface area contributed by atoms with Gasteiger partial charge < -0.3 is 19.5 Å². The van der Waals surface area contributed by atoms with E-state index >= 15 is 0 Å². The van der Waals surface area contributed by atoms with Gasteiger partial charge in [-0.15, -0.1) is 0 Å². The molecule has 5 nitrogen and oxygen atoms in total. The van der Waals surface area contributed by atoms with E-state index in [1.165, 1.54) is 0 Å². The fourth-order valence-electron chi connectivity index (χ4n) is 1.75. The average Bonchev–Trinajstić information content (AvgIpc) is 2.45. The first-order chi connectivity index (χ1) is 9.62. The van der Waals surface area contributed by atoms with Gasteiger partial charge in [-0.25, -0.2) is 0 Å². The molecule has 0 bridgehead atoms. The molecule has 112 valence electrons.